The zero-order valence-corrected chi connectivity index (χ0v) is 15.3. The minimum atomic E-state index is -0.434. The van der Waals surface area contributed by atoms with Crippen molar-refractivity contribution < 1.29 is 9.72 Å². The third-order valence-corrected chi connectivity index (χ3v) is 5.88. The molecule has 1 saturated carbocycles. The molecule has 1 amide bonds. The molecule has 1 fully saturated rings. The molecule has 1 heterocycles. The van der Waals surface area contributed by atoms with Crippen molar-refractivity contribution in [3.05, 3.63) is 33.1 Å². The van der Waals surface area contributed by atoms with Gasteiger partial charge < -0.3 is 4.57 Å². The molecule has 3 rings (SSSR count). The van der Waals surface area contributed by atoms with E-state index in [-0.39, 0.29) is 18.1 Å². The van der Waals surface area contributed by atoms with E-state index in [4.69, 9.17) is 6.42 Å². The first kappa shape index (κ1) is 18.3. The predicted molar refractivity (Wildman–Crippen MR) is 102 cm³/mol. The summed E-state index contributed by atoms with van der Waals surface area (Å²) in [5.41, 5.74) is 0.777. The molecule has 136 valence electrons. The lowest BCUT2D eigenvalue weighted by atomic mass is 9.86. The number of rotatable bonds is 5. The number of carbonyl (C=O) groups excluding carboxylic acids is 1. The van der Waals surface area contributed by atoms with E-state index in [0.717, 1.165) is 11.9 Å². The van der Waals surface area contributed by atoms with Gasteiger partial charge in [0.25, 0.3) is 5.69 Å². The first-order chi connectivity index (χ1) is 12.6. The first-order valence-electron chi connectivity index (χ1n) is 8.87. The molecule has 7 heteroatoms. The number of hydrogen-bond donors (Lipinski definition) is 0. The van der Waals surface area contributed by atoms with Crippen LogP contribution in [0, 0.1) is 28.4 Å². The second-order valence-electron chi connectivity index (χ2n) is 6.63. The Bertz CT molecular complexity index is 930. The quantitative estimate of drug-likeness (QED) is 0.452. The maximum absolute atomic E-state index is 12.3. The summed E-state index contributed by atoms with van der Waals surface area (Å²) in [5.74, 6) is 3.04. The molecule has 1 aromatic heterocycles. The molecule has 0 radical (unpaired) electrons. The van der Waals surface area contributed by atoms with Gasteiger partial charge in [0.2, 0.25) is 5.91 Å². The van der Waals surface area contributed by atoms with Crippen LogP contribution in [0.2, 0.25) is 0 Å². The molecule has 0 bridgehead atoms. The zero-order valence-electron chi connectivity index (χ0n) is 14.5. The number of benzene rings is 1. The number of terminal acetylenes is 1. The lowest BCUT2D eigenvalue weighted by Crippen LogP contribution is -2.17. The summed E-state index contributed by atoms with van der Waals surface area (Å²) in [6.45, 7) is 0.270. The van der Waals surface area contributed by atoms with Gasteiger partial charge in [0.15, 0.2) is 4.80 Å². The largest absolute Gasteiger partial charge is 0.305 e. The molecular formula is C19H21N3O3S. The van der Waals surface area contributed by atoms with Gasteiger partial charge in [-0.25, -0.2) is 0 Å². The van der Waals surface area contributed by atoms with Crippen LogP contribution >= 0.6 is 11.3 Å². The van der Waals surface area contributed by atoms with Gasteiger partial charge in [-0.3, -0.25) is 14.9 Å². The lowest BCUT2D eigenvalue weighted by molar-refractivity contribution is -0.384. The van der Waals surface area contributed by atoms with E-state index in [1.54, 1.807) is 10.6 Å². The molecule has 26 heavy (non-hydrogen) atoms. The van der Waals surface area contributed by atoms with Crippen LogP contribution in [0.5, 0.6) is 0 Å². The number of amides is 1. The fraction of sp³-hybridized carbons (Fsp3) is 0.474. The number of nitrogens with zero attached hydrogens (tertiary/aromatic N) is 3. The number of aromatic nitrogens is 1. The number of thiazole rings is 1. The van der Waals surface area contributed by atoms with Crippen LogP contribution in [-0.2, 0) is 11.3 Å². The fourth-order valence-electron chi connectivity index (χ4n) is 3.47. The van der Waals surface area contributed by atoms with Gasteiger partial charge in [0.05, 0.1) is 21.7 Å². The van der Waals surface area contributed by atoms with E-state index < -0.39 is 4.92 Å². The third kappa shape index (κ3) is 4.20. The summed E-state index contributed by atoms with van der Waals surface area (Å²) >= 11 is 1.26. The molecule has 0 N–H and O–H groups in total. The molecule has 1 aromatic carbocycles. The standard InChI is InChI=1S/C19H21N3O3S/c1-2-12-21-16-10-9-15(22(24)25)13-17(16)26-19(21)20-18(23)11-8-14-6-4-3-5-7-14/h1,9-10,13-14H,3-8,11-12H2. The van der Waals surface area contributed by atoms with Crippen molar-refractivity contribution in [3.8, 4) is 12.3 Å². The highest BCUT2D eigenvalue weighted by atomic mass is 32.1. The van der Waals surface area contributed by atoms with Gasteiger partial charge in [-0.05, 0) is 18.4 Å². The fourth-order valence-corrected chi connectivity index (χ4v) is 4.55. The lowest BCUT2D eigenvalue weighted by Gasteiger charge is -2.20. The summed E-state index contributed by atoms with van der Waals surface area (Å²) in [6, 6.07) is 4.60. The van der Waals surface area contributed by atoms with Crippen molar-refractivity contribution in [1.29, 1.82) is 0 Å². The molecule has 0 spiro atoms. The Morgan fingerprint density at radius 1 is 1.38 bits per heavy atom. The van der Waals surface area contributed by atoms with Crippen molar-refractivity contribution in [1.82, 2.24) is 4.57 Å². The van der Waals surface area contributed by atoms with E-state index in [2.05, 4.69) is 10.9 Å². The topological polar surface area (TPSA) is 77.5 Å². The first-order valence-corrected chi connectivity index (χ1v) is 9.69. The van der Waals surface area contributed by atoms with Crippen LogP contribution in [-0.4, -0.2) is 15.4 Å². The van der Waals surface area contributed by atoms with Crippen LogP contribution in [0.4, 0.5) is 5.69 Å². The predicted octanol–water partition coefficient (Wildman–Crippen LogP) is 4.03. The second-order valence-corrected chi connectivity index (χ2v) is 7.64. The molecule has 2 aromatic rings. The van der Waals surface area contributed by atoms with Gasteiger partial charge >= 0.3 is 0 Å². The summed E-state index contributed by atoms with van der Waals surface area (Å²) in [7, 11) is 0. The van der Waals surface area contributed by atoms with E-state index in [9.17, 15) is 14.9 Å². The van der Waals surface area contributed by atoms with E-state index in [1.165, 1.54) is 55.6 Å². The van der Waals surface area contributed by atoms with Gasteiger partial charge in [0, 0.05) is 18.6 Å². The molecular weight excluding hydrogens is 350 g/mol. The SMILES string of the molecule is C#CCn1c(=NC(=O)CCC2CCCCC2)sc2cc([N+](=O)[O-])ccc21. The highest BCUT2D eigenvalue weighted by molar-refractivity contribution is 7.16. The Balaban J connectivity index is 1.85. The second kappa shape index (κ2) is 8.28. The average molecular weight is 371 g/mol. The minimum Gasteiger partial charge on any atom is -0.305 e. The highest BCUT2D eigenvalue weighted by Gasteiger charge is 2.15. The number of non-ortho nitro benzene ring substituents is 1. The number of nitro benzene ring substituents is 1. The van der Waals surface area contributed by atoms with Crippen molar-refractivity contribution in [2.45, 2.75) is 51.5 Å². The molecule has 6 nitrogen and oxygen atoms in total. The van der Waals surface area contributed by atoms with Gasteiger partial charge in [0.1, 0.15) is 0 Å². The summed E-state index contributed by atoms with van der Waals surface area (Å²) in [4.78, 5) is 27.6. The van der Waals surface area contributed by atoms with E-state index in [0.29, 0.717) is 21.8 Å². The molecule has 0 unspecified atom stereocenters. The van der Waals surface area contributed by atoms with Gasteiger partial charge in [-0.15, -0.1) is 6.42 Å². The molecule has 0 atom stereocenters. The van der Waals surface area contributed by atoms with E-state index >= 15 is 0 Å². The minimum absolute atomic E-state index is 0.0155. The van der Waals surface area contributed by atoms with Gasteiger partial charge in [-0.1, -0.05) is 49.4 Å². The number of nitro groups is 1. The monoisotopic (exact) mass is 371 g/mol. The number of hydrogen-bond acceptors (Lipinski definition) is 4. The van der Waals surface area contributed by atoms with Crippen LogP contribution in [0.1, 0.15) is 44.9 Å². The highest BCUT2D eigenvalue weighted by Crippen LogP contribution is 2.27. The van der Waals surface area contributed by atoms with E-state index in [1.807, 2.05) is 0 Å². The summed E-state index contributed by atoms with van der Waals surface area (Å²) in [5, 5.41) is 11.0. The zero-order chi connectivity index (χ0) is 18.5. The molecule has 1 aliphatic rings. The van der Waals surface area contributed by atoms with Crippen LogP contribution in [0.15, 0.2) is 23.2 Å². The van der Waals surface area contributed by atoms with Gasteiger partial charge in [-0.2, -0.15) is 4.99 Å². The average Bonchev–Trinajstić information content (AvgIpc) is 2.97. The Hall–Kier alpha value is -2.46. The Labute approximate surface area is 155 Å². The smallest absolute Gasteiger partial charge is 0.270 e. The Kier molecular flexibility index (Phi) is 5.84. The van der Waals surface area contributed by atoms with Crippen LogP contribution < -0.4 is 4.80 Å². The van der Waals surface area contributed by atoms with Crippen LogP contribution in [0.3, 0.4) is 0 Å². The normalized spacial score (nSPS) is 15.9. The van der Waals surface area contributed by atoms with Crippen molar-refractivity contribution in [3.63, 3.8) is 0 Å². The Morgan fingerprint density at radius 2 is 2.15 bits per heavy atom. The molecule has 0 aliphatic heterocycles. The Morgan fingerprint density at radius 3 is 2.85 bits per heavy atom. The maximum Gasteiger partial charge on any atom is 0.270 e. The van der Waals surface area contributed by atoms with Crippen molar-refractivity contribution in [2.75, 3.05) is 0 Å². The van der Waals surface area contributed by atoms with Crippen LogP contribution in [0.25, 0.3) is 10.2 Å². The number of fused-ring (bicyclic) bond motifs is 1. The summed E-state index contributed by atoms with van der Waals surface area (Å²) < 4.78 is 2.47. The molecule has 0 saturated heterocycles. The summed E-state index contributed by atoms with van der Waals surface area (Å²) in [6.07, 6.45) is 13.0. The maximum atomic E-state index is 12.3. The molecule has 1 aliphatic carbocycles. The number of carbonyl (C=O) groups is 1. The van der Waals surface area contributed by atoms with Crippen molar-refractivity contribution in [2.24, 2.45) is 10.9 Å². The third-order valence-electron chi connectivity index (χ3n) is 4.84. The van der Waals surface area contributed by atoms with Crippen molar-refractivity contribution >= 4 is 33.1 Å².